The Balaban J connectivity index is 1.69. The van der Waals surface area contributed by atoms with Gasteiger partial charge in [-0.3, -0.25) is 9.80 Å². The fourth-order valence-corrected chi connectivity index (χ4v) is 4.15. The van der Waals surface area contributed by atoms with E-state index < -0.39 is 0 Å². The van der Waals surface area contributed by atoms with Crippen LogP contribution in [0, 0.1) is 6.92 Å². The molecule has 0 bridgehead atoms. The summed E-state index contributed by atoms with van der Waals surface area (Å²) in [5.74, 6) is 0. The average Bonchev–Trinajstić information content (AvgIpc) is 2.89. The van der Waals surface area contributed by atoms with Crippen molar-refractivity contribution in [2.24, 2.45) is 0 Å². The second-order valence-electron chi connectivity index (χ2n) is 5.60. The van der Waals surface area contributed by atoms with E-state index in [0.29, 0.717) is 6.04 Å². The van der Waals surface area contributed by atoms with Gasteiger partial charge in [-0.15, -0.1) is 11.3 Å². The second-order valence-corrected chi connectivity index (χ2v) is 6.60. The minimum atomic E-state index is 0.714. The molecule has 0 unspecified atom stereocenters. The molecular formula is C14H22N2S. The molecule has 3 rings (SSSR count). The first kappa shape index (κ1) is 11.7. The van der Waals surface area contributed by atoms with E-state index in [9.17, 15) is 0 Å². The van der Waals surface area contributed by atoms with Gasteiger partial charge in [0.1, 0.15) is 0 Å². The summed E-state index contributed by atoms with van der Waals surface area (Å²) in [6.07, 6.45) is 2.82. The van der Waals surface area contributed by atoms with Crippen LogP contribution in [0.25, 0.3) is 0 Å². The van der Waals surface area contributed by atoms with Crippen LogP contribution in [0.5, 0.6) is 0 Å². The van der Waals surface area contributed by atoms with Crippen LogP contribution in [0.4, 0.5) is 0 Å². The molecule has 2 nitrogen and oxygen atoms in total. The molecule has 0 N–H and O–H groups in total. The number of nitrogens with zero attached hydrogens (tertiary/aromatic N) is 2. The summed E-state index contributed by atoms with van der Waals surface area (Å²) < 4.78 is 0. The molecule has 2 atom stereocenters. The molecular weight excluding hydrogens is 228 g/mol. The largest absolute Gasteiger partial charge is 0.298 e. The van der Waals surface area contributed by atoms with Gasteiger partial charge in [0.15, 0.2) is 0 Å². The number of piperazine rings is 1. The van der Waals surface area contributed by atoms with Gasteiger partial charge in [-0.2, -0.15) is 0 Å². The van der Waals surface area contributed by atoms with E-state index in [4.69, 9.17) is 0 Å². The molecule has 0 aliphatic carbocycles. The minimum absolute atomic E-state index is 0.714. The highest BCUT2D eigenvalue weighted by Crippen LogP contribution is 2.27. The zero-order valence-electron chi connectivity index (χ0n) is 10.9. The van der Waals surface area contributed by atoms with E-state index in [1.807, 2.05) is 11.3 Å². The Morgan fingerprint density at radius 1 is 1.41 bits per heavy atom. The lowest BCUT2D eigenvalue weighted by atomic mass is 10.1. The smallest absolute Gasteiger partial charge is 0.0334 e. The van der Waals surface area contributed by atoms with Gasteiger partial charge in [-0.25, -0.2) is 0 Å². The zero-order valence-corrected chi connectivity index (χ0v) is 11.7. The summed E-state index contributed by atoms with van der Waals surface area (Å²) in [6, 6.07) is 3.80. The molecule has 1 aromatic heterocycles. The van der Waals surface area contributed by atoms with Crippen LogP contribution in [0.3, 0.4) is 0 Å². The van der Waals surface area contributed by atoms with Crippen molar-refractivity contribution >= 4 is 11.3 Å². The first-order chi connectivity index (χ1) is 8.24. The van der Waals surface area contributed by atoms with Crippen molar-refractivity contribution in [2.75, 3.05) is 19.6 Å². The minimum Gasteiger partial charge on any atom is -0.298 e. The normalized spacial score (nSPS) is 30.7. The highest BCUT2D eigenvalue weighted by Gasteiger charge is 2.34. The van der Waals surface area contributed by atoms with Gasteiger partial charge in [0.05, 0.1) is 0 Å². The molecule has 0 radical (unpaired) electrons. The lowest BCUT2D eigenvalue weighted by Crippen LogP contribution is -2.54. The Morgan fingerprint density at radius 2 is 2.29 bits per heavy atom. The molecule has 0 aromatic carbocycles. The maximum atomic E-state index is 2.70. The zero-order chi connectivity index (χ0) is 11.8. The number of hydrogen-bond acceptors (Lipinski definition) is 3. The van der Waals surface area contributed by atoms with Crippen LogP contribution < -0.4 is 0 Å². The molecule has 0 saturated carbocycles. The summed E-state index contributed by atoms with van der Waals surface area (Å²) in [5.41, 5.74) is 1.47. The Bertz CT molecular complexity index is 387. The molecule has 17 heavy (non-hydrogen) atoms. The van der Waals surface area contributed by atoms with Crippen molar-refractivity contribution < 1.29 is 0 Å². The van der Waals surface area contributed by atoms with E-state index in [1.165, 1.54) is 38.0 Å². The number of thiophene rings is 1. The van der Waals surface area contributed by atoms with Crippen LogP contribution >= 0.6 is 11.3 Å². The number of fused-ring (bicyclic) bond motifs is 1. The standard InChI is InChI=1S/C14H22N2S/c1-11-5-7-17-14(11)10-16-9-13-4-3-6-15(13)8-12(16)2/h5,7,12-13H,3-4,6,8-10H2,1-2H3/t12-,13+/m0/s1. The Hall–Kier alpha value is -0.380. The first-order valence-electron chi connectivity index (χ1n) is 6.75. The fourth-order valence-electron chi connectivity index (χ4n) is 3.22. The summed E-state index contributed by atoms with van der Waals surface area (Å²) in [4.78, 5) is 6.94. The average molecular weight is 250 g/mol. The summed E-state index contributed by atoms with van der Waals surface area (Å²) in [5, 5.41) is 2.22. The monoisotopic (exact) mass is 250 g/mol. The van der Waals surface area contributed by atoms with Crippen molar-refractivity contribution in [3.63, 3.8) is 0 Å². The third-order valence-electron chi connectivity index (χ3n) is 4.38. The van der Waals surface area contributed by atoms with Crippen LogP contribution in [-0.4, -0.2) is 41.5 Å². The SMILES string of the molecule is Cc1ccsc1CN1C[C@H]2CCCN2C[C@@H]1C. The fraction of sp³-hybridized carbons (Fsp3) is 0.714. The van der Waals surface area contributed by atoms with Gasteiger partial charge in [0.25, 0.3) is 0 Å². The summed E-state index contributed by atoms with van der Waals surface area (Å²) in [6.45, 7) is 9.67. The highest BCUT2D eigenvalue weighted by molar-refractivity contribution is 7.10. The molecule has 94 valence electrons. The van der Waals surface area contributed by atoms with Crippen molar-refractivity contribution in [1.29, 1.82) is 0 Å². The van der Waals surface area contributed by atoms with Crippen molar-refractivity contribution in [3.8, 4) is 0 Å². The Kier molecular flexibility index (Phi) is 3.24. The lowest BCUT2D eigenvalue weighted by molar-refractivity contribution is 0.0546. The van der Waals surface area contributed by atoms with Gasteiger partial charge in [0.2, 0.25) is 0 Å². The molecule has 2 aliphatic rings. The van der Waals surface area contributed by atoms with Gasteiger partial charge in [0, 0.05) is 36.6 Å². The molecule has 2 saturated heterocycles. The van der Waals surface area contributed by atoms with Crippen molar-refractivity contribution in [2.45, 2.75) is 45.3 Å². The summed E-state index contributed by atoms with van der Waals surface area (Å²) >= 11 is 1.92. The lowest BCUT2D eigenvalue weighted by Gasteiger charge is -2.42. The molecule has 1 aromatic rings. The van der Waals surface area contributed by atoms with Crippen LogP contribution in [-0.2, 0) is 6.54 Å². The maximum absolute atomic E-state index is 2.70. The summed E-state index contributed by atoms with van der Waals surface area (Å²) in [7, 11) is 0. The topological polar surface area (TPSA) is 6.48 Å². The van der Waals surface area contributed by atoms with Gasteiger partial charge in [-0.1, -0.05) is 0 Å². The van der Waals surface area contributed by atoms with E-state index in [0.717, 1.165) is 12.6 Å². The predicted octanol–water partition coefficient (Wildman–Crippen LogP) is 2.73. The molecule has 0 amide bonds. The molecule has 3 heterocycles. The molecule has 2 fully saturated rings. The van der Waals surface area contributed by atoms with E-state index in [1.54, 1.807) is 4.88 Å². The molecule has 3 heteroatoms. The molecule has 2 aliphatic heterocycles. The Labute approximate surface area is 108 Å². The maximum Gasteiger partial charge on any atom is 0.0334 e. The highest BCUT2D eigenvalue weighted by atomic mass is 32.1. The predicted molar refractivity (Wildman–Crippen MR) is 73.5 cm³/mol. The van der Waals surface area contributed by atoms with Gasteiger partial charge < -0.3 is 0 Å². The van der Waals surface area contributed by atoms with E-state index in [2.05, 4.69) is 35.1 Å². The quantitative estimate of drug-likeness (QED) is 0.796. The van der Waals surface area contributed by atoms with E-state index >= 15 is 0 Å². The first-order valence-corrected chi connectivity index (χ1v) is 7.63. The number of rotatable bonds is 2. The van der Waals surface area contributed by atoms with Crippen LogP contribution in [0.1, 0.15) is 30.2 Å². The molecule has 0 spiro atoms. The third kappa shape index (κ3) is 2.28. The van der Waals surface area contributed by atoms with Crippen molar-refractivity contribution in [1.82, 2.24) is 9.80 Å². The van der Waals surface area contributed by atoms with E-state index in [-0.39, 0.29) is 0 Å². The van der Waals surface area contributed by atoms with Gasteiger partial charge in [-0.05, 0) is 50.2 Å². The van der Waals surface area contributed by atoms with Crippen molar-refractivity contribution in [3.05, 3.63) is 21.9 Å². The Morgan fingerprint density at radius 3 is 3.06 bits per heavy atom. The van der Waals surface area contributed by atoms with Crippen LogP contribution in [0.2, 0.25) is 0 Å². The number of aryl methyl sites for hydroxylation is 1. The third-order valence-corrected chi connectivity index (χ3v) is 5.39. The number of hydrogen-bond donors (Lipinski definition) is 0. The second kappa shape index (κ2) is 4.71. The van der Waals surface area contributed by atoms with Gasteiger partial charge >= 0.3 is 0 Å². The van der Waals surface area contributed by atoms with Crippen LogP contribution in [0.15, 0.2) is 11.4 Å².